The van der Waals surface area contributed by atoms with Crippen LogP contribution >= 0.6 is 0 Å². The zero-order chi connectivity index (χ0) is 23.4. The number of aromatic amines is 1. The van der Waals surface area contributed by atoms with Crippen molar-refractivity contribution < 1.29 is 19.1 Å². The Balaban J connectivity index is 1.71. The Labute approximate surface area is 192 Å². The van der Waals surface area contributed by atoms with Crippen LogP contribution in [0, 0.1) is 0 Å². The summed E-state index contributed by atoms with van der Waals surface area (Å²) >= 11 is 0. The Morgan fingerprint density at radius 1 is 1.09 bits per heavy atom. The number of nitrogens with zero attached hydrogens (tertiary/aromatic N) is 1. The number of carbonyl (C=O) groups is 2. The minimum atomic E-state index is -1.40. The maximum absolute atomic E-state index is 13.7. The van der Waals surface area contributed by atoms with Gasteiger partial charge in [0.05, 0.1) is 18.8 Å². The monoisotopic (exact) mass is 445 g/mol. The molecule has 0 radical (unpaired) electrons. The standard InChI is InChI=1S/C26H27N3O4/c1-18(19-9-4-3-5-10-19)28-24(30)26(2,29(25(31)32)17-21-11-8-14-33-21)15-20-16-27-23-13-7-6-12-22(20)23/h3-14,16,18,27H,15,17H2,1-2H3,(H,28,30)(H,31,32). The first-order valence-corrected chi connectivity index (χ1v) is 10.8. The molecule has 3 N–H and O–H groups in total. The molecule has 33 heavy (non-hydrogen) atoms. The Morgan fingerprint density at radius 2 is 1.82 bits per heavy atom. The van der Waals surface area contributed by atoms with E-state index in [2.05, 4.69) is 10.3 Å². The first-order valence-electron chi connectivity index (χ1n) is 10.8. The molecule has 0 aliphatic rings. The summed E-state index contributed by atoms with van der Waals surface area (Å²) < 4.78 is 5.40. The predicted molar refractivity (Wildman–Crippen MR) is 126 cm³/mol. The van der Waals surface area contributed by atoms with E-state index in [1.165, 1.54) is 6.26 Å². The lowest BCUT2D eigenvalue weighted by atomic mass is 9.89. The van der Waals surface area contributed by atoms with E-state index in [-0.39, 0.29) is 24.9 Å². The number of amides is 2. The van der Waals surface area contributed by atoms with Crippen LogP contribution in [0.1, 0.15) is 36.8 Å². The second-order valence-corrected chi connectivity index (χ2v) is 8.36. The third kappa shape index (κ3) is 4.62. The molecule has 170 valence electrons. The number of aromatic nitrogens is 1. The summed E-state index contributed by atoms with van der Waals surface area (Å²) in [5.41, 5.74) is 1.34. The van der Waals surface area contributed by atoms with Crippen LogP contribution in [0.4, 0.5) is 4.79 Å². The van der Waals surface area contributed by atoms with Crippen molar-refractivity contribution in [3.63, 3.8) is 0 Å². The summed E-state index contributed by atoms with van der Waals surface area (Å²) in [5, 5.41) is 14.1. The van der Waals surface area contributed by atoms with Crippen molar-refractivity contribution in [1.82, 2.24) is 15.2 Å². The van der Waals surface area contributed by atoms with Crippen molar-refractivity contribution in [2.45, 2.75) is 38.4 Å². The molecule has 0 fully saturated rings. The maximum atomic E-state index is 13.7. The highest BCUT2D eigenvalue weighted by Crippen LogP contribution is 2.29. The van der Waals surface area contributed by atoms with Gasteiger partial charge in [0.25, 0.3) is 0 Å². The Morgan fingerprint density at radius 3 is 2.52 bits per heavy atom. The molecule has 0 aliphatic carbocycles. The summed E-state index contributed by atoms with van der Waals surface area (Å²) in [6.07, 6.45) is 2.32. The van der Waals surface area contributed by atoms with Gasteiger partial charge in [-0.1, -0.05) is 48.5 Å². The van der Waals surface area contributed by atoms with E-state index in [4.69, 9.17) is 4.42 Å². The zero-order valence-electron chi connectivity index (χ0n) is 18.6. The van der Waals surface area contributed by atoms with E-state index in [1.54, 1.807) is 19.1 Å². The van der Waals surface area contributed by atoms with Gasteiger partial charge in [-0.15, -0.1) is 0 Å². The second kappa shape index (κ2) is 9.24. The third-order valence-corrected chi connectivity index (χ3v) is 6.07. The van der Waals surface area contributed by atoms with Gasteiger partial charge in [-0.2, -0.15) is 0 Å². The Kier molecular flexibility index (Phi) is 6.22. The van der Waals surface area contributed by atoms with Crippen LogP contribution in [0.25, 0.3) is 10.9 Å². The lowest BCUT2D eigenvalue weighted by molar-refractivity contribution is -0.132. The molecule has 0 aliphatic heterocycles. The van der Waals surface area contributed by atoms with E-state index in [0.717, 1.165) is 26.9 Å². The molecule has 2 heterocycles. The van der Waals surface area contributed by atoms with Crippen molar-refractivity contribution in [1.29, 1.82) is 0 Å². The fourth-order valence-corrected chi connectivity index (χ4v) is 4.14. The number of benzene rings is 2. The molecule has 4 aromatic rings. The number of furan rings is 1. The lowest BCUT2D eigenvalue weighted by Crippen LogP contribution is -2.59. The van der Waals surface area contributed by atoms with Gasteiger partial charge < -0.3 is 19.8 Å². The normalized spacial score (nSPS) is 13.9. The van der Waals surface area contributed by atoms with Gasteiger partial charge in [-0.05, 0) is 43.2 Å². The number of rotatable bonds is 8. The van der Waals surface area contributed by atoms with E-state index in [1.807, 2.05) is 67.7 Å². The van der Waals surface area contributed by atoms with Crippen LogP contribution in [0.15, 0.2) is 83.6 Å². The van der Waals surface area contributed by atoms with Crippen LogP contribution in [-0.2, 0) is 17.8 Å². The molecular formula is C26H27N3O4. The fraction of sp³-hybridized carbons (Fsp3) is 0.231. The molecular weight excluding hydrogens is 418 g/mol. The average Bonchev–Trinajstić information content (AvgIpc) is 3.48. The zero-order valence-corrected chi connectivity index (χ0v) is 18.6. The van der Waals surface area contributed by atoms with Crippen LogP contribution in [0.5, 0.6) is 0 Å². The minimum Gasteiger partial charge on any atom is -0.467 e. The number of fused-ring (bicyclic) bond motifs is 1. The molecule has 0 saturated carbocycles. The van der Waals surface area contributed by atoms with Crippen molar-refractivity contribution in [2.24, 2.45) is 0 Å². The van der Waals surface area contributed by atoms with Crippen LogP contribution in [-0.4, -0.2) is 32.5 Å². The van der Waals surface area contributed by atoms with Gasteiger partial charge >= 0.3 is 6.09 Å². The lowest BCUT2D eigenvalue weighted by Gasteiger charge is -2.38. The highest BCUT2D eigenvalue weighted by Gasteiger charge is 2.44. The second-order valence-electron chi connectivity index (χ2n) is 8.36. The quantitative estimate of drug-likeness (QED) is 0.351. The fourth-order valence-electron chi connectivity index (χ4n) is 4.14. The molecule has 0 saturated heterocycles. The molecule has 2 amide bonds. The van der Waals surface area contributed by atoms with Crippen molar-refractivity contribution in [3.8, 4) is 0 Å². The van der Waals surface area contributed by atoms with Crippen molar-refractivity contribution in [2.75, 3.05) is 0 Å². The number of carbonyl (C=O) groups excluding carboxylic acids is 1. The SMILES string of the molecule is CC(NC(=O)C(C)(Cc1c[nH]c2ccccc12)N(Cc1ccco1)C(=O)O)c1ccccc1. The van der Waals surface area contributed by atoms with Crippen LogP contribution in [0.3, 0.4) is 0 Å². The first kappa shape index (κ1) is 22.2. The van der Waals surface area contributed by atoms with Crippen LogP contribution < -0.4 is 5.32 Å². The van der Waals surface area contributed by atoms with E-state index >= 15 is 0 Å². The van der Waals surface area contributed by atoms with E-state index < -0.39 is 11.6 Å². The highest BCUT2D eigenvalue weighted by molar-refractivity contribution is 5.91. The van der Waals surface area contributed by atoms with E-state index in [9.17, 15) is 14.7 Å². The molecule has 0 spiro atoms. The van der Waals surface area contributed by atoms with Gasteiger partial charge in [0.1, 0.15) is 11.3 Å². The molecule has 2 atom stereocenters. The van der Waals surface area contributed by atoms with Crippen LogP contribution in [0.2, 0.25) is 0 Å². The first-order chi connectivity index (χ1) is 15.9. The Hall–Kier alpha value is -4.00. The molecule has 2 aromatic heterocycles. The molecule has 4 rings (SSSR count). The predicted octanol–water partition coefficient (Wildman–Crippen LogP) is 5.12. The number of carboxylic acid groups (broad SMARTS) is 1. The summed E-state index contributed by atoms with van der Waals surface area (Å²) in [6, 6.07) is 20.5. The molecule has 7 heteroatoms. The number of H-pyrrole nitrogens is 1. The van der Waals surface area contributed by atoms with Crippen molar-refractivity contribution in [3.05, 3.63) is 96.1 Å². The molecule has 7 nitrogen and oxygen atoms in total. The Bertz CT molecular complexity index is 1230. The summed E-state index contributed by atoms with van der Waals surface area (Å²) in [5.74, 6) is 0.0875. The van der Waals surface area contributed by atoms with Gasteiger partial charge in [0.15, 0.2) is 0 Å². The maximum Gasteiger partial charge on any atom is 0.408 e. The average molecular weight is 446 g/mol. The number of hydrogen-bond acceptors (Lipinski definition) is 3. The number of para-hydroxylation sites is 1. The summed E-state index contributed by atoms with van der Waals surface area (Å²) in [6.45, 7) is 3.50. The largest absolute Gasteiger partial charge is 0.467 e. The van der Waals surface area contributed by atoms with E-state index in [0.29, 0.717) is 5.76 Å². The van der Waals surface area contributed by atoms with Gasteiger partial charge in [0, 0.05) is 23.5 Å². The topological polar surface area (TPSA) is 98.6 Å². The summed E-state index contributed by atoms with van der Waals surface area (Å²) in [7, 11) is 0. The number of hydrogen-bond donors (Lipinski definition) is 3. The smallest absolute Gasteiger partial charge is 0.408 e. The minimum absolute atomic E-state index is 0.0473. The third-order valence-electron chi connectivity index (χ3n) is 6.07. The molecule has 2 aromatic carbocycles. The number of nitrogens with one attached hydrogen (secondary N) is 2. The molecule has 0 bridgehead atoms. The summed E-state index contributed by atoms with van der Waals surface area (Å²) in [4.78, 5) is 30.5. The van der Waals surface area contributed by atoms with Gasteiger partial charge in [-0.3, -0.25) is 9.69 Å². The van der Waals surface area contributed by atoms with Crippen molar-refractivity contribution >= 4 is 22.9 Å². The highest BCUT2D eigenvalue weighted by atomic mass is 16.4. The van der Waals surface area contributed by atoms with Gasteiger partial charge in [-0.25, -0.2) is 4.79 Å². The van der Waals surface area contributed by atoms with Gasteiger partial charge in [0.2, 0.25) is 5.91 Å². The molecule has 2 unspecified atom stereocenters.